The number of unbranched alkanes of at least 4 members (excludes halogenated alkanes) is 8. The van der Waals surface area contributed by atoms with Gasteiger partial charge in [0, 0.05) is 65.9 Å². The van der Waals surface area contributed by atoms with Gasteiger partial charge in [0.2, 0.25) is 0 Å². The van der Waals surface area contributed by atoms with Crippen LogP contribution in [0.1, 0.15) is 158 Å². The fourth-order valence-corrected chi connectivity index (χ4v) is 10.00. The highest BCUT2D eigenvalue weighted by Gasteiger charge is 2.26. The minimum Gasteiger partial charge on any atom is -0.490 e. The number of hydrogen-bond acceptors (Lipinski definition) is 10. The molecule has 0 spiro atoms. The summed E-state index contributed by atoms with van der Waals surface area (Å²) in [6, 6.07) is 25.7. The van der Waals surface area contributed by atoms with Crippen LogP contribution in [-0.2, 0) is 0 Å². The first-order valence-electron chi connectivity index (χ1n) is 30.4. The van der Waals surface area contributed by atoms with Gasteiger partial charge >= 0.3 is 0 Å². The molecule has 0 unspecified atom stereocenters. The molecule has 426 valence electrons. The van der Waals surface area contributed by atoms with Crippen molar-refractivity contribution in [3.05, 3.63) is 72.8 Å². The van der Waals surface area contributed by atoms with E-state index < -0.39 is 0 Å². The van der Waals surface area contributed by atoms with Crippen molar-refractivity contribution >= 4 is 43.6 Å². The number of H-pyrrole nitrogens is 2. The fourth-order valence-electron chi connectivity index (χ4n) is 10.00. The predicted molar refractivity (Wildman–Crippen MR) is 328 cm³/mol. The van der Waals surface area contributed by atoms with E-state index in [4.69, 9.17) is 47.9 Å². The lowest BCUT2D eigenvalue weighted by molar-refractivity contribution is 0.262. The van der Waals surface area contributed by atoms with Gasteiger partial charge in [-0.1, -0.05) is 107 Å². The second-order valence-electron chi connectivity index (χ2n) is 21.2. The lowest BCUT2D eigenvalue weighted by atomic mass is 10.0. The highest BCUT2D eigenvalue weighted by Crippen LogP contribution is 2.48. The SMILES string of the molecule is CCCCOc1cc2c(cc1OCCCC)-c1cc3[nH]c(cc4nc(cc5[nH]c(cc-2n1)c1cc(OCCCC)c(OCCCC)cc51)-c1cc(OCCCC)c(OCCCC)cc1-4)c1cc(OCCCC)c(OCCCC)cc31. The molecule has 0 amide bonds. The van der Waals surface area contributed by atoms with Crippen LogP contribution in [0.2, 0.25) is 0 Å². The average molecular weight is 1090 g/mol. The minimum absolute atomic E-state index is 0.578. The van der Waals surface area contributed by atoms with Gasteiger partial charge in [0.15, 0.2) is 46.0 Å². The topological polar surface area (TPSA) is 131 Å². The zero-order chi connectivity index (χ0) is 55.8. The molecule has 0 radical (unpaired) electrons. The Hall–Kier alpha value is -7.08. The van der Waals surface area contributed by atoms with E-state index in [1.807, 2.05) is 0 Å². The number of aromatic nitrogens is 4. The van der Waals surface area contributed by atoms with Crippen LogP contribution in [0.3, 0.4) is 0 Å². The van der Waals surface area contributed by atoms with Crippen molar-refractivity contribution in [1.82, 2.24) is 19.9 Å². The van der Waals surface area contributed by atoms with Crippen LogP contribution in [0.4, 0.5) is 0 Å². The summed E-state index contributed by atoms with van der Waals surface area (Å²) in [5, 5.41) is 3.89. The molecule has 8 bridgehead atoms. The lowest BCUT2D eigenvalue weighted by Crippen LogP contribution is -2.02. The molecule has 0 saturated heterocycles. The minimum atomic E-state index is 0.578. The lowest BCUT2D eigenvalue weighted by Gasteiger charge is -2.15. The number of benzene rings is 4. The fraction of sp³-hybridized carbons (Fsp3) is 0.471. The third-order valence-corrected chi connectivity index (χ3v) is 14.8. The van der Waals surface area contributed by atoms with E-state index in [-0.39, 0.29) is 0 Å². The maximum Gasteiger partial charge on any atom is 0.161 e. The summed E-state index contributed by atoms with van der Waals surface area (Å²) in [5.41, 5.74) is 10.4. The van der Waals surface area contributed by atoms with Gasteiger partial charge in [-0.2, -0.15) is 0 Å². The first-order chi connectivity index (χ1) is 39.3. The molecule has 2 aliphatic rings. The molecule has 12 heteroatoms. The maximum atomic E-state index is 6.59. The smallest absolute Gasteiger partial charge is 0.161 e. The van der Waals surface area contributed by atoms with Crippen LogP contribution in [-0.4, -0.2) is 72.8 Å². The van der Waals surface area contributed by atoms with Crippen molar-refractivity contribution in [2.24, 2.45) is 0 Å². The van der Waals surface area contributed by atoms with Crippen LogP contribution in [0, 0.1) is 0 Å². The van der Waals surface area contributed by atoms with Gasteiger partial charge in [0.1, 0.15) is 0 Å². The molecule has 0 fully saturated rings. The predicted octanol–water partition coefficient (Wildman–Crippen LogP) is 18.7. The van der Waals surface area contributed by atoms with Crippen molar-refractivity contribution in [3.63, 3.8) is 0 Å². The number of fused-ring (bicyclic) bond motifs is 20. The quantitative estimate of drug-likeness (QED) is 0.0393. The average Bonchev–Trinajstić information content (AvgIpc) is 4.26. The molecular formula is C68H86N4O8. The molecule has 0 aliphatic carbocycles. The number of rotatable bonds is 32. The van der Waals surface area contributed by atoms with Gasteiger partial charge in [0.05, 0.1) is 75.6 Å². The summed E-state index contributed by atoms with van der Waals surface area (Å²) in [7, 11) is 0. The van der Waals surface area contributed by atoms with Crippen molar-refractivity contribution in [1.29, 1.82) is 0 Å². The molecule has 9 rings (SSSR count). The molecule has 0 atom stereocenters. The molecule has 5 heterocycles. The molecule has 3 aromatic heterocycles. The van der Waals surface area contributed by atoms with Gasteiger partial charge in [-0.05, 0) is 124 Å². The van der Waals surface area contributed by atoms with E-state index in [0.29, 0.717) is 98.9 Å². The van der Waals surface area contributed by atoms with Crippen molar-refractivity contribution < 1.29 is 37.9 Å². The Balaban J connectivity index is 1.41. The van der Waals surface area contributed by atoms with E-state index in [1.165, 1.54) is 0 Å². The Morgan fingerprint density at radius 1 is 0.250 bits per heavy atom. The van der Waals surface area contributed by atoms with Crippen molar-refractivity contribution in [2.75, 3.05) is 52.9 Å². The van der Waals surface area contributed by atoms with E-state index in [0.717, 1.165) is 191 Å². The van der Waals surface area contributed by atoms with Crippen molar-refractivity contribution in [2.45, 2.75) is 158 Å². The van der Waals surface area contributed by atoms with Crippen LogP contribution in [0.25, 0.3) is 88.6 Å². The standard InChI is InChI=1S/C68H86N4O8/c1-9-17-25-73-61-33-45-46(34-62(61)74-26-18-10-2)54-42-56-49-37-65(77-29-21-13-5)66(78-30-22-14-6)38-50(49)58(71-56)44-60-52-40-68(80-32-24-16-8)67(79-31-23-15-7)39-51(52)59(72-60)43-57-48-36-64(76-28-20-12-4)63(75-27-19-11-3)35-47(48)55(70-57)41-53(45)69-54/h33-44,69,72H,9-32H2,1-8H3. The normalized spacial score (nSPS) is 11.7. The second-order valence-corrected chi connectivity index (χ2v) is 21.2. The molecule has 2 N–H and O–H groups in total. The molecular weight excluding hydrogens is 1000 g/mol. The zero-order valence-electron chi connectivity index (χ0n) is 49.1. The second kappa shape index (κ2) is 28.4. The van der Waals surface area contributed by atoms with Crippen LogP contribution < -0.4 is 37.9 Å². The van der Waals surface area contributed by atoms with Crippen LogP contribution >= 0.6 is 0 Å². The summed E-state index contributed by atoms with van der Waals surface area (Å²) in [5.74, 6) is 5.70. The van der Waals surface area contributed by atoms with E-state index in [2.05, 4.69) is 138 Å². The Bertz CT molecular complexity index is 2940. The van der Waals surface area contributed by atoms with E-state index >= 15 is 0 Å². The molecule has 0 saturated carbocycles. The molecule has 12 nitrogen and oxygen atoms in total. The molecule has 4 aromatic carbocycles. The molecule has 7 aromatic rings. The number of ether oxygens (including phenoxy) is 8. The van der Waals surface area contributed by atoms with Gasteiger partial charge in [0.25, 0.3) is 0 Å². The van der Waals surface area contributed by atoms with Crippen molar-refractivity contribution in [3.8, 4) is 91.0 Å². The summed E-state index contributed by atoms with van der Waals surface area (Å²) < 4.78 is 52.7. The number of nitrogens with one attached hydrogen (secondary N) is 2. The largest absolute Gasteiger partial charge is 0.490 e. The maximum absolute atomic E-state index is 6.59. The Morgan fingerprint density at radius 3 is 0.600 bits per heavy atom. The first kappa shape index (κ1) is 57.6. The van der Waals surface area contributed by atoms with Crippen LogP contribution in [0.15, 0.2) is 72.8 Å². The monoisotopic (exact) mass is 1090 g/mol. The zero-order valence-corrected chi connectivity index (χ0v) is 49.1. The number of hydrogen-bond donors (Lipinski definition) is 2. The Labute approximate surface area is 474 Å². The Kier molecular flexibility index (Phi) is 20.4. The van der Waals surface area contributed by atoms with Gasteiger partial charge in [-0.3, -0.25) is 0 Å². The van der Waals surface area contributed by atoms with E-state index in [1.54, 1.807) is 0 Å². The Morgan fingerprint density at radius 2 is 0.425 bits per heavy atom. The van der Waals surface area contributed by atoms with Gasteiger partial charge in [-0.25, -0.2) is 9.97 Å². The first-order valence-corrected chi connectivity index (χ1v) is 30.4. The van der Waals surface area contributed by atoms with Crippen LogP contribution in [0.5, 0.6) is 46.0 Å². The third kappa shape index (κ3) is 13.4. The summed E-state index contributed by atoms with van der Waals surface area (Å²) in [6.45, 7) is 22.1. The number of aromatic amines is 2. The third-order valence-electron chi connectivity index (χ3n) is 14.8. The molecule has 80 heavy (non-hydrogen) atoms. The van der Waals surface area contributed by atoms with Gasteiger partial charge in [-0.15, -0.1) is 0 Å². The van der Waals surface area contributed by atoms with Gasteiger partial charge < -0.3 is 47.9 Å². The number of nitrogens with zero attached hydrogens (tertiary/aromatic N) is 2. The summed E-state index contributed by atoms with van der Waals surface area (Å²) in [6.07, 6.45) is 15.5. The summed E-state index contributed by atoms with van der Waals surface area (Å²) >= 11 is 0. The highest BCUT2D eigenvalue weighted by molar-refractivity contribution is 6.12. The highest BCUT2D eigenvalue weighted by atomic mass is 16.5. The summed E-state index contributed by atoms with van der Waals surface area (Å²) in [4.78, 5) is 19.0. The molecule has 2 aliphatic heterocycles. The van der Waals surface area contributed by atoms with E-state index in [9.17, 15) is 0 Å².